The SMILES string of the molecule is CCC(O)(CC)CCC[C@@H](C)[C@H]1CC[C@H]2C3=CC=C4C[C@@H](O)CC[C@]4(C)[C@H]3CC[C@]12C. The van der Waals surface area contributed by atoms with E-state index in [9.17, 15) is 10.2 Å². The van der Waals surface area contributed by atoms with Crippen LogP contribution in [0.5, 0.6) is 0 Å². The van der Waals surface area contributed by atoms with Gasteiger partial charge in [0.1, 0.15) is 0 Å². The maximum absolute atomic E-state index is 10.7. The molecule has 2 heteroatoms. The first kappa shape index (κ1) is 23.6. The number of aliphatic hydroxyl groups is 2. The molecule has 0 heterocycles. The quantitative estimate of drug-likeness (QED) is 0.450. The van der Waals surface area contributed by atoms with Gasteiger partial charge in [-0.25, -0.2) is 0 Å². The van der Waals surface area contributed by atoms with Crippen molar-refractivity contribution in [1.82, 2.24) is 0 Å². The summed E-state index contributed by atoms with van der Waals surface area (Å²) in [5.41, 5.74) is 3.57. The summed E-state index contributed by atoms with van der Waals surface area (Å²) < 4.78 is 0. The van der Waals surface area contributed by atoms with E-state index in [1.54, 1.807) is 5.57 Å². The Morgan fingerprint density at radius 2 is 1.77 bits per heavy atom. The number of aliphatic hydroxyl groups excluding tert-OH is 1. The summed E-state index contributed by atoms with van der Waals surface area (Å²) >= 11 is 0. The summed E-state index contributed by atoms with van der Waals surface area (Å²) in [5.74, 6) is 3.03. The fourth-order valence-electron chi connectivity index (χ4n) is 8.52. The number of hydrogen-bond acceptors (Lipinski definition) is 2. The van der Waals surface area contributed by atoms with Crippen molar-refractivity contribution in [1.29, 1.82) is 0 Å². The van der Waals surface area contributed by atoms with Gasteiger partial charge >= 0.3 is 0 Å². The van der Waals surface area contributed by atoms with Crippen molar-refractivity contribution in [3.63, 3.8) is 0 Å². The molecule has 2 nitrogen and oxygen atoms in total. The van der Waals surface area contributed by atoms with Crippen LogP contribution in [0.1, 0.15) is 112 Å². The Bertz CT molecular complexity index is 716. The summed E-state index contributed by atoms with van der Waals surface area (Å²) in [6.45, 7) is 11.9. The van der Waals surface area contributed by atoms with E-state index in [2.05, 4.69) is 46.8 Å². The molecule has 7 atom stereocenters. The first-order valence-electron chi connectivity index (χ1n) is 13.5. The highest BCUT2D eigenvalue weighted by atomic mass is 16.3. The third-order valence-electron chi connectivity index (χ3n) is 10.9. The Kier molecular flexibility index (Phi) is 6.56. The Hall–Kier alpha value is -0.600. The van der Waals surface area contributed by atoms with Gasteiger partial charge in [0.25, 0.3) is 0 Å². The highest BCUT2D eigenvalue weighted by molar-refractivity contribution is 5.38. The molecule has 0 unspecified atom stereocenters. The summed E-state index contributed by atoms with van der Waals surface area (Å²) in [4.78, 5) is 0. The Labute approximate surface area is 191 Å². The van der Waals surface area contributed by atoms with Gasteiger partial charge in [-0.1, -0.05) is 70.8 Å². The van der Waals surface area contributed by atoms with Crippen molar-refractivity contribution in [2.75, 3.05) is 0 Å². The topological polar surface area (TPSA) is 40.5 Å². The van der Waals surface area contributed by atoms with Crippen molar-refractivity contribution in [3.05, 3.63) is 23.3 Å². The molecule has 2 N–H and O–H groups in total. The predicted octanol–water partition coefficient (Wildman–Crippen LogP) is 7.20. The molecule has 0 aromatic rings. The molecular weight excluding hydrogens is 380 g/mol. The molecule has 4 rings (SSSR count). The van der Waals surface area contributed by atoms with Crippen LogP contribution in [-0.4, -0.2) is 21.9 Å². The lowest BCUT2D eigenvalue weighted by Crippen LogP contribution is -2.46. The lowest BCUT2D eigenvalue weighted by atomic mass is 9.50. The van der Waals surface area contributed by atoms with Gasteiger partial charge in [0.05, 0.1) is 11.7 Å². The van der Waals surface area contributed by atoms with Crippen LogP contribution in [0.4, 0.5) is 0 Å². The van der Waals surface area contributed by atoms with Gasteiger partial charge in [-0.05, 0) is 98.7 Å². The van der Waals surface area contributed by atoms with E-state index in [1.165, 1.54) is 37.7 Å². The summed E-state index contributed by atoms with van der Waals surface area (Å²) in [7, 11) is 0. The Morgan fingerprint density at radius 3 is 2.48 bits per heavy atom. The number of allylic oxidation sites excluding steroid dienone is 3. The predicted molar refractivity (Wildman–Crippen MR) is 130 cm³/mol. The molecule has 4 aliphatic rings. The Balaban J connectivity index is 1.47. The minimum Gasteiger partial charge on any atom is -0.393 e. The van der Waals surface area contributed by atoms with E-state index in [1.807, 2.05) is 0 Å². The summed E-state index contributed by atoms with van der Waals surface area (Å²) in [6, 6.07) is 0. The summed E-state index contributed by atoms with van der Waals surface area (Å²) in [6.07, 6.45) is 18.4. The molecule has 176 valence electrons. The van der Waals surface area contributed by atoms with Crippen LogP contribution in [0.3, 0.4) is 0 Å². The normalized spacial score (nSPS) is 41.0. The molecule has 0 spiro atoms. The highest BCUT2D eigenvalue weighted by Gasteiger charge is 2.56. The zero-order valence-corrected chi connectivity index (χ0v) is 20.9. The van der Waals surface area contributed by atoms with Gasteiger partial charge < -0.3 is 10.2 Å². The van der Waals surface area contributed by atoms with Crippen LogP contribution in [0.15, 0.2) is 23.3 Å². The van der Waals surface area contributed by atoms with E-state index in [0.29, 0.717) is 16.7 Å². The van der Waals surface area contributed by atoms with Gasteiger partial charge in [0, 0.05) is 0 Å². The molecule has 0 aromatic carbocycles. The van der Waals surface area contributed by atoms with E-state index >= 15 is 0 Å². The molecule has 3 saturated carbocycles. The minimum absolute atomic E-state index is 0.127. The van der Waals surface area contributed by atoms with Crippen molar-refractivity contribution in [2.45, 2.75) is 123 Å². The third-order valence-corrected chi connectivity index (χ3v) is 10.9. The Morgan fingerprint density at radius 1 is 1.03 bits per heavy atom. The number of rotatable bonds is 7. The van der Waals surface area contributed by atoms with E-state index in [4.69, 9.17) is 0 Å². The first-order chi connectivity index (χ1) is 14.7. The van der Waals surface area contributed by atoms with Crippen LogP contribution in [0.2, 0.25) is 0 Å². The van der Waals surface area contributed by atoms with Crippen molar-refractivity contribution < 1.29 is 10.2 Å². The van der Waals surface area contributed by atoms with E-state index in [0.717, 1.165) is 62.7 Å². The van der Waals surface area contributed by atoms with Crippen molar-refractivity contribution in [3.8, 4) is 0 Å². The standard InChI is InChI=1S/C29H48O2/c1-6-29(31,7-2)16-8-9-20(3)24-12-13-25-23-11-10-21-19-22(30)14-17-27(21,4)26(23)15-18-28(24,25)5/h10-11,20,22,24-26,30-31H,6-9,12-19H2,1-5H3/t20-,22+,24-,25+,26+,27+,28-/m1/s1. The number of hydrogen-bond donors (Lipinski definition) is 2. The molecule has 0 amide bonds. The maximum Gasteiger partial charge on any atom is 0.0642 e. The molecule has 0 bridgehead atoms. The highest BCUT2D eigenvalue weighted by Crippen LogP contribution is 2.66. The average molecular weight is 429 g/mol. The van der Waals surface area contributed by atoms with Gasteiger partial charge in [-0.3, -0.25) is 0 Å². The second-order valence-electron chi connectivity index (χ2n) is 12.3. The summed E-state index contributed by atoms with van der Waals surface area (Å²) in [5, 5.41) is 20.9. The fourth-order valence-corrected chi connectivity index (χ4v) is 8.52. The zero-order valence-electron chi connectivity index (χ0n) is 20.9. The molecular formula is C29H48O2. The van der Waals surface area contributed by atoms with Gasteiger partial charge in [-0.2, -0.15) is 0 Å². The lowest BCUT2D eigenvalue weighted by Gasteiger charge is -2.55. The third kappa shape index (κ3) is 3.99. The van der Waals surface area contributed by atoms with Crippen molar-refractivity contribution >= 4 is 0 Å². The molecule has 31 heavy (non-hydrogen) atoms. The molecule has 0 saturated heterocycles. The van der Waals surface area contributed by atoms with Crippen molar-refractivity contribution in [2.24, 2.45) is 34.5 Å². The maximum atomic E-state index is 10.7. The van der Waals surface area contributed by atoms with E-state index in [-0.39, 0.29) is 6.10 Å². The van der Waals surface area contributed by atoms with Gasteiger partial charge in [0.15, 0.2) is 0 Å². The van der Waals surface area contributed by atoms with Crippen LogP contribution < -0.4 is 0 Å². The first-order valence-corrected chi connectivity index (χ1v) is 13.5. The minimum atomic E-state index is -0.445. The molecule has 0 radical (unpaired) electrons. The fraction of sp³-hybridized carbons (Fsp3) is 0.862. The monoisotopic (exact) mass is 428 g/mol. The van der Waals surface area contributed by atoms with Gasteiger partial charge in [0.2, 0.25) is 0 Å². The largest absolute Gasteiger partial charge is 0.393 e. The van der Waals surface area contributed by atoms with Gasteiger partial charge in [-0.15, -0.1) is 0 Å². The second kappa shape index (κ2) is 8.64. The molecule has 4 aliphatic carbocycles. The second-order valence-corrected chi connectivity index (χ2v) is 12.3. The average Bonchev–Trinajstić information content (AvgIpc) is 3.11. The number of fused-ring (bicyclic) bond motifs is 5. The van der Waals surface area contributed by atoms with Crippen LogP contribution in [0.25, 0.3) is 0 Å². The molecule has 0 aromatic heterocycles. The molecule has 0 aliphatic heterocycles. The van der Waals surface area contributed by atoms with Crippen LogP contribution >= 0.6 is 0 Å². The van der Waals surface area contributed by atoms with Crippen LogP contribution in [0, 0.1) is 34.5 Å². The van der Waals surface area contributed by atoms with Crippen LogP contribution in [-0.2, 0) is 0 Å². The molecule has 3 fully saturated rings. The smallest absolute Gasteiger partial charge is 0.0642 e. The zero-order chi connectivity index (χ0) is 22.4. The lowest BCUT2D eigenvalue weighted by molar-refractivity contribution is 0.0147. The van der Waals surface area contributed by atoms with E-state index < -0.39 is 5.60 Å².